The van der Waals surface area contributed by atoms with E-state index in [2.05, 4.69) is 5.32 Å². The van der Waals surface area contributed by atoms with Crippen molar-refractivity contribution in [3.8, 4) is 5.75 Å². The Labute approximate surface area is 158 Å². The van der Waals surface area contributed by atoms with Gasteiger partial charge in [0.15, 0.2) is 0 Å². The monoisotopic (exact) mass is 365 g/mol. The number of aromatic hydroxyl groups is 1. The predicted molar refractivity (Wildman–Crippen MR) is 106 cm³/mol. The number of rotatable bonds is 6. The molecule has 0 saturated heterocycles. The number of hydrogen-bond donors (Lipinski definition) is 2. The lowest BCUT2D eigenvalue weighted by Gasteiger charge is -2.10. The highest BCUT2D eigenvalue weighted by molar-refractivity contribution is 6.30. The van der Waals surface area contributed by atoms with E-state index in [9.17, 15) is 9.90 Å². The van der Waals surface area contributed by atoms with Crippen LogP contribution in [0.2, 0.25) is 5.02 Å². The molecule has 0 aliphatic carbocycles. The fourth-order valence-electron chi connectivity index (χ4n) is 2.84. The van der Waals surface area contributed by atoms with Crippen LogP contribution in [0.5, 0.6) is 5.75 Å². The molecule has 0 aromatic heterocycles. The first kappa shape index (κ1) is 18.0. The maximum Gasteiger partial charge on any atom is 0.255 e. The summed E-state index contributed by atoms with van der Waals surface area (Å²) in [5.74, 6) is 0.158. The molecule has 0 aliphatic rings. The quantitative estimate of drug-likeness (QED) is 0.608. The molecule has 3 aromatic carbocycles. The maximum atomic E-state index is 12.6. The SMILES string of the molecule is O=C(Nc1ccc(Cl)cc1)c1ccccc1CCCc1ccc(O)cc1. The van der Waals surface area contributed by atoms with Crippen LogP contribution < -0.4 is 5.32 Å². The third-order valence-electron chi connectivity index (χ3n) is 4.21. The highest BCUT2D eigenvalue weighted by atomic mass is 35.5. The number of halogens is 1. The third-order valence-corrected chi connectivity index (χ3v) is 4.46. The van der Waals surface area contributed by atoms with E-state index in [1.165, 1.54) is 5.56 Å². The zero-order valence-electron chi connectivity index (χ0n) is 14.3. The number of benzene rings is 3. The van der Waals surface area contributed by atoms with Gasteiger partial charge < -0.3 is 10.4 Å². The summed E-state index contributed by atoms with van der Waals surface area (Å²) >= 11 is 5.88. The third kappa shape index (κ3) is 4.87. The Balaban J connectivity index is 1.64. The summed E-state index contributed by atoms with van der Waals surface area (Å²) in [5, 5.41) is 12.9. The smallest absolute Gasteiger partial charge is 0.255 e. The lowest BCUT2D eigenvalue weighted by atomic mass is 9.99. The molecule has 4 heteroatoms. The number of carbonyl (C=O) groups excluding carboxylic acids is 1. The second-order valence-electron chi connectivity index (χ2n) is 6.14. The van der Waals surface area contributed by atoms with Gasteiger partial charge in [-0.15, -0.1) is 0 Å². The molecule has 3 rings (SSSR count). The summed E-state index contributed by atoms with van der Waals surface area (Å²) in [6.07, 6.45) is 2.63. The molecule has 3 aromatic rings. The van der Waals surface area contributed by atoms with Crippen LogP contribution in [0.3, 0.4) is 0 Å². The minimum atomic E-state index is -0.118. The highest BCUT2D eigenvalue weighted by Crippen LogP contribution is 2.18. The average Bonchev–Trinajstić information content (AvgIpc) is 2.65. The molecule has 0 heterocycles. The Morgan fingerprint density at radius 3 is 2.31 bits per heavy atom. The van der Waals surface area contributed by atoms with Crippen molar-refractivity contribution in [2.24, 2.45) is 0 Å². The molecule has 0 unspecified atom stereocenters. The van der Waals surface area contributed by atoms with Crippen LogP contribution >= 0.6 is 11.6 Å². The second-order valence-corrected chi connectivity index (χ2v) is 6.57. The van der Waals surface area contributed by atoms with Crippen LogP contribution in [0.1, 0.15) is 27.9 Å². The molecule has 0 fully saturated rings. The van der Waals surface area contributed by atoms with Crippen molar-refractivity contribution in [2.45, 2.75) is 19.3 Å². The van der Waals surface area contributed by atoms with Gasteiger partial charge in [-0.1, -0.05) is 41.9 Å². The van der Waals surface area contributed by atoms with Gasteiger partial charge in [-0.25, -0.2) is 0 Å². The summed E-state index contributed by atoms with van der Waals surface area (Å²) < 4.78 is 0. The topological polar surface area (TPSA) is 49.3 Å². The molecule has 132 valence electrons. The summed E-state index contributed by atoms with van der Waals surface area (Å²) in [4.78, 5) is 12.6. The zero-order chi connectivity index (χ0) is 18.4. The Bertz CT molecular complexity index is 873. The van der Waals surface area contributed by atoms with E-state index in [-0.39, 0.29) is 11.7 Å². The summed E-state index contributed by atoms with van der Waals surface area (Å²) in [6.45, 7) is 0. The second kappa shape index (κ2) is 8.54. The number of carbonyl (C=O) groups is 1. The van der Waals surface area contributed by atoms with Gasteiger partial charge in [0.2, 0.25) is 0 Å². The van der Waals surface area contributed by atoms with Crippen LogP contribution in [-0.4, -0.2) is 11.0 Å². The fraction of sp³-hybridized carbons (Fsp3) is 0.136. The minimum absolute atomic E-state index is 0.118. The van der Waals surface area contributed by atoms with Crippen molar-refractivity contribution in [2.75, 3.05) is 5.32 Å². The van der Waals surface area contributed by atoms with Crippen LogP contribution in [0.15, 0.2) is 72.8 Å². The van der Waals surface area contributed by atoms with E-state index in [1.54, 1.807) is 36.4 Å². The van der Waals surface area contributed by atoms with Crippen LogP contribution in [0, 0.1) is 0 Å². The number of phenols is 1. The first-order valence-electron chi connectivity index (χ1n) is 8.54. The average molecular weight is 366 g/mol. The van der Waals surface area contributed by atoms with Gasteiger partial charge >= 0.3 is 0 Å². The molecular formula is C22H20ClNO2. The van der Waals surface area contributed by atoms with Gasteiger partial charge in [0.1, 0.15) is 5.75 Å². The van der Waals surface area contributed by atoms with Gasteiger partial charge in [-0.05, 0) is 72.9 Å². The molecule has 2 N–H and O–H groups in total. The molecule has 0 atom stereocenters. The van der Waals surface area contributed by atoms with Gasteiger partial charge in [-0.3, -0.25) is 4.79 Å². The number of nitrogens with one attached hydrogen (secondary N) is 1. The van der Waals surface area contributed by atoms with Crippen molar-refractivity contribution >= 4 is 23.2 Å². The number of anilines is 1. The van der Waals surface area contributed by atoms with Crippen molar-refractivity contribution in [3.05, 3.63) is 94.5 Å². The van der Waals surface area contributed by atoms with Crippen molar-refractivity contribution in [1.29, 1.82) is 0 Å². The summed E-state index contributed by atoms with van der Waals surface area (Å²) in [6, 6.07) is 22.0. The van der Waals surface area contributed by atoms with E-state index in [0.717, 1.165) is 30.5 Å². The normalized spacial score (nSPS) is 10.5. The lowest BCUT2D eigenvalue weighted by molar-refractivity contribution is 0.102. The van der Waals surface area contributed by atoms with E-state index in [1.807, 2.05) is 36.4 Å². The van der Waals surface area contributed by atoms with Crippen molar-refractivity contribution in [3.63, 3.8) is 0 Å². The maximum absolute atomic E-state index is 12.6. The van der Waals surface area contributed by atoms with Crippen LogP contribution in [0.4, 0.5) is 5.69 Å². The Hall–Kier alpha value is -2.78. The number of phenolic OH excluding ortho intramolecular Hbond substituents is 1. The van der Waals surface area contributed by atoms with Crippen LogP contribution in [-0.2, 0) is 12.8 Å². The molecular weight excluding hydrogens is 346 g/mol. The summed E-state index contributed by atoms with van der Waals surface area (Å²) in [7, 11) is 0. The van der Waals surface area contributed by atoms with E-state index in [4.69, 9.17) is 11.6 Å². The molecule has 0 bridgehead atoms. The molecule has 1 amide bonds. The predicted octanol–water partition coefficient (Wildman–Crippen LogP) is 5.47. The molecule has 0 spiro atoms. The number of hydrogen-bond acceptors (Lipinski definition) is 2. The zero-order valence-corrected chi connectivity index (χ0v) is 15.0. The summed E-state index contributed by atoms with van der Waals surface area (Å²) in [5.41, 5.74) is 3.61. The molecule has 0 saturated carbocycles. The Morgan fingerprint density at radius 2 is 1.58 bits per heavy atom. The standard InChI is InChI=1S/C22H20ClNO2/c23-18-10-12-19(13-11-18)24-22(26)21-7-2-1-5-17(21)6-3-4-16-8-14-20(25)15-9-16/h1-2,5,7-15,25H,3-4,6H2,(H,24,26). The Kier molecular flexibility index (Phi) is 5.92. The van der Waals surface area contributed by atoms with E-state index in [0.29, 0.717) is 10.6 Å². The van der Waals surface area contributed by atoms with Gasteiger partial charge in [0.05, 0.1) is 0 Å². The van der Waals surface area contributed by atoms with Crippen LogP contribution in [0.25, 0.3) is 0 Å². The molecule has 0 radical (unpaired) electrons. The van der Waals surface area contributed by atoms with E-state index >= 15 is 0 Å². The minimum Gasteiger partial charge on any atom is -0.508 e. The highest BCUT2D eigenvalue weighted by Gasteiger charge is 2.11. The Morgan fingerprint density at radius 1 is 0.885 bits per heavy atom. The van der Waals surface area contributed by atoms with Crippen molar-refractivity contribution in [1.82, 2.24) is 0 Å². The first-order chi connectivity index (χ1) is 12.6. The number of amides is 1. The fourth-order valence-corrected chi connectivity index (χ4v) is 2.96. The van der Waals surface area contributed by atoms with Gasteiger partial charge in [0.25, 0.3) is 5.91 Å². The largest absolute Gasteiger partial charge is 0.508 e. The first-order valence-corrected chi connectivity index (χ1v) is 8.92. The molecule has 0 aliphatic heterocycles. The lowest BCUT2D eigenvalue weighted by Crippen LogP contribution is -2.14. The van der Waals surface area contributed by atoms with Crippen molar-refractivity contribution < 1.29 is 9.90 Å². The number of aryl methyl sites for hydroxylation is 2. The molecule has 3 nitrogen and oxygen atoms in total. The van der Waals surface area contributed by atoms with Gasteiger partial charge in [-0.2, -0.15) is 0 Å². The molecule has 26 heavy (non-hydrogen) atoms. The van der Waals surface area contributed by atoms with E-state index < -0.39 is 0 Å². The van der Waals surface area contributed by atoms with Gasteiger partial charge in [0, 0.05) is 16.3 Å².